The van der Waals surface area contributed by atoms with E-state index in [9.17, 15) is 4.79 Å². The molecule has 0 aromatic heterocycles. The van der Waals surface area contributed by atoms with E-state index in [0.717, 1.165) is 30.8 Å². The van der Waals surface area contributed by atoms with E-state index in [1.807, 2.05) is 12.1 Å². The molecule has 17 heavy (non-hydrogen) atoms. The third-order valence-corrected chi connectivity index (χ3v) is 2.82. The second kappa shape index (κ2) is 5.19. The Morgan fingerprint density at radius 1 is 1.59 bits per heavy atom. The minimum atomic E-state index is -0.962. The van der Waals surface area contributed by atoms with Gasteiger partial charge in [0.2, 0.25) is 5.91 Å². The molecule has 0 saturated heterocycles. The highest BCUT2D eigenvalue weighted by molar-refractivity contribution is 5.79. The van der Waals surface area contributed by atoms with Gasteiger partial charge in [0.15, 0.2) is 0 Å². The van der Waals surface area contributed by atoms with Gasteiger partial charge in [-0.25, -0.2) is 0 Å². The fourth-order valence-corrected chi connectivity index (χ4v) is 1.86. The first-order valence-electron chi connectivity index (χ1n) is 5.87. The minimum Gasteiger partial charge on any atom is -0.493 e. The van der Waals surface area contributed by atoms with Gasteiger partial charge in [0, 0.05) is 6.54 Å². The quantitative estimate of drug-likeness (QED) is 0.822. The highest BCUT2D eigenvalue weighted by atomic mass is 16.5. The number of nitrogens with one attached hydrogen (secondary N) is 1. The smallest absolute Gasteiger partial charge is 0.248 e. The van der Waals surface area contributed by atoms with Crippen molar-refractivity contribution in [1.29, 1.82) is 0 Å². The van der Waals surface area contributed by atoms with Crippen molar-refractivity contribution in [3.8, 4) is 5.75 Å². The molecule has 1 atom stereocenters. The van der Waals surface area contributed by atoms with Crippen LogP contribution in [0.25, 0.3) is 0 Å². The number of aliphatic hydroxyl groups excluding tert-OH is 1. The number of aryl methyl sites for hydroxylation is 1. The Morgan fingerprint density at radius 2 is 2.41 bits per heavy atom. The number of fused-ring (bicyclic) bond motifs is 1. The van der Waals surface area contributed by atoms with E-state index in [1.165, 1.54) is 12.5 Å². The maximum Gasteiger partial charge on any atom is 0.248 e. The number of carbonyl (C=O) groups excluding carboxylic acids is 1. The third kappa shape index (κ3) is 2.97. The van der Waals surface area contributed by atoms with Gasteiger partial charge in [-0.05, 0) is 37.0 Å². The highest BCUT2D eigenvalue weighted by Gasteiger charge is 2.11. The topological polar surface area (TPSA) is 58.6 Å². The first-order chi connectivity index (χ1) is 8.16. The lowest BCUT2D eigenvalue weighted by Crippen LogP contribution is -2.32. The molecule has 1 aromatic carbocycles. The number of ether oxygens (including phenoxy) is 1. The summed E-state index contributed by atoms with van der Waals surface area (Å²) >= 11 is 0. The average Bonchev–Trinajstić information content (AvgIpc) is 2.35. The van der Waals surface area contributed by atoms with Crippen LogP contribution in [0.1, 0.15) is 24.5 Å². The molecule has 2 rings (SSSR count). The zero-order chi connectivity index (χ0) is 12.3. The molecule has 0 bridgehead atoms. The highest BCUT2D eigenvalue weighted by Crippen LogP contribution is 2.25. The molecule has 0 saturated carbocycles. The summed E-state index contributed by atoms with van der Waals surface area (Å²) < 4.78 is 5.51. The SMILES string of the molecule is CC(O)C(=O)NCc1ccc2c(c1)CCCO2. The van der Waals surface area contributed by atoms with Crippen molar-refractivity contribution in [3.05, 3.63) is 29.3 Å². The summed E-state index contributed by atoms with van der Waals surface area (Å²) in [5, 5.41) is 11.7. The Bertz CT molecular complexity index is 415. The molecule has 1 unspecified atom stereocenters. The Balaban J connectivity index is 2.00. The second-order valence-electron chi connectivity index (χ2n) is 4.29. The van der Waals surface area contributed by atoms with Gasteiger partial charge >= 0.3 is 0 Å². The van der Waals surface area contributed by atoms with Crippen molar-refractivity contribution in [1.82, 2.24) is 5.32 Å². The Kier molecular flexibility index (Phi) is 3.64. The van der Waals surface area contributed by atoms with E-state index in [2.05, 4.69) is 11.4 Å². The van der Waals surface area contributed by atoms with Crippen molar-refractivity contribution >= 4 is 5.91 Å². The predicted octanol–water partition coefficient (Wildman–Crippen LogP) is 1.01. The minimum absolute atomic E-state index is 0.348. The summed E-state index contributed by atoms with van der Waals surface area (Å²) in [6.07, 6.45) is 1.10. The number of hydrogen-bond donors (Lipinski definition) is 2. The van der Waals surface area contributed by atoms with Gasteiger partial charge in [0.05, 0.1) is 6.61 Å². The van der Waals surface area contributed by atoms with Gasteiger partial charge in [-0.15, -0.1) is 0 Å². The molecule has 0 aliphatic carbocycles. The molecular formula is C13H17NO3. The van der Waals surface area contributed by atoms with Crippen LogP contribution in [-0.2, 0) is 17.8 Å². The molecule has 0 spiro atoms. The van der Waals surface area contributed by atoms with E-state index in [-0.39, 0.29) is 5.91 Å². The molecule has 4 heteroatoms. The van der Waals surface area contributed by atoms with Crippen LogP contribution in [-0.4, -0.2) is 23.7 Å². The fraction of sp³-hybridized carbons (Fsp3) is 0.462. The van der Waals surface area contributed by atoms with E-state index >= 15 is 0 Å². The first kappa shape index (κ1) is 11.9. The van der Waals surface area contributed by atoms with Gasteiger partial charge in [-0.2, -0.15) is 0 Å². The van der Waals surface area contributed by atoms with Crippen molar-refractivity contribution in [2.24, 2.45) is 0 Å². The molecule has 2 N–H and O–H groups in total. The summed E-state index contributed by atoms with van der Waals surface area (Å²) in [4.78, 5) is 11.2. The van der Waals surface area contributed by atoms with Crippen LogP contribution < -0.4 is 10.1 Å². The molecule has 1 amide bonds. The number of amides is 1. The summed E-state index contributed by atoms with van der Waals surface area (Å²) in [5.41, 5.74) is 2.23. The molecular weight excluding hydrogens is 218 g/mol. The summed E-state index contributed by atoms with van der Waals surface area (Å²) in [7, 11) is 0. The van der Waals surface area contributed by atoms with Crippen molar-refractivity contribution in [3.63, 3.8) is 0 Å². The number of benzene rings is 1. The van der Waals surface area contributed by atoms with Crippen LogP contribution in [0.2, 0.25) is 0 Å². The van der Waals surface area contributed by atoms with Gasteiger partial charge in [-0.3, -0.25) is 4.79 Å². The lowest BCUT2D eigenvalue weighted by molar-refractivity contribution is -0.128. The average molecular weight is 235 g/mol. The number of hydrogen-bond acceptors (Lipinski definition) is 3. The Labute approximate surface area is 101 Å². The predicted molar refractivity (Wildman–Crippen MR) is 63.8 cm³/mol. The van der Waals surface area contributed by atoms with Crippen molar-refractivity contribution in [2.75, 3.05) is 6.61 Å². The van der Waals surface area contributed by atoms with Gasteiger partial charge in [-0.1, -0.05) is 12.1 Å². The molecule has 1 aliphatic heterocycles. The van der Waals surface area contributed by atoms with E-state index in [0.29, 0.717) is 6.54 Å². The third-order valence-electron chi connectivity index (χ3n) is 2.82. The standard InChI is InChI=1S/C13H17NO3/c1-9(15)13(16)14-8-10-4-5-12-11(7-10)3-2-6-17-12/h4-5,7,9,15H,2-3,6,8H2,1H3,(H,14,16). The summed E-state index contributed by atoms with van der Waals surface area (Å²) in [5.74, 6) is 0.598. The van der Waals surface area contributed by atoms with Crippen LogP contribution in [0.15, 0.2) is 18.2 Å². The largest absolute Gasteiger partial charge is 0.493 e. The molecule has 4 nitrogen and oxygen atoms in total. The van der Waals surface area contributed by atoms with Crippen LogP contribution in [0, 0.1) is 0 Å². The van der Waals surface area contributed by atoms with Crippen LogP contribution in [0.4, 0.5) is 0 Å². The van der Waals surface area contributed by atoms with Gasteiger partial charge in [0.25, 0.3) is 0 Å². The lowest BCUT2D eigenvalue weighted by atomic mass is 10.0. The monoisotopic (exact) mass is 235 g/mol. The number of carbonyl (C=O) groups is 1. The maximum absolute atomic E-state index is 11.2. The maximum atomic E-state index is 11.2. The van der Waals surface area contributed by atoms with Gasteiger partial charge in [0.1, 0.15) is 11.9 Å². The zero-order valence-corrected chi connectivity index (χ0v) is 9.90. The van der Waals surface area contributed by atoms with Crippen LogP contribution in [0.3, 0.4) is 0 Å². The van der Waals surface area contributed by atoms with E-state index in [4.69, 9.17) is 9.84 Å². The first-order valence-corrected chi connectivity index (χ1v) is 5.87. The molecule has 1 aliphatic rings. The van der Waals surface area contributed by atoms with Crippen molar-refractivity contribution in [2.45, 2.75) is 32.4 Å². The lowest BCUT2D eigenvalue weighted by Gasteiger charge is -2.18. The Hall–Kier alpha value is -1.55. The Morgan fingerprint density at radius 3 is 3.18 bits per heavy atom. The molecule has 1 heterocycles. The molecule has 1 aromatic rings. The van der Waals surface area contributed by atoms with Gasteiger partial charge < -0.3 is 15.2 Å². The fourth-order valence-electron chi connectivity index (χ4n) is 1.86. The van der Waals surface area contributed by atoms with Crippen molar-refractivity contribution < 1.29 is 14.6 Å². The summed E-state index contributed by atoms with van der Waals surface area (Å²) in [6, 6.07) is 5.93. The van der Waals surface area contributed by atoms with E-state index in [1.54, 1.807) is 0 Å². The normalized spacial score (nSPS) is 15.6. The van der Waals surface area contributed by atoms with Crippen LogP contribution >= 0.6 is 0 Å². The zero-order valence-electron chi connectivity index (χ0n) is 9.90. The number of aliphatic hydroxyl groups is 1. The molecule has 0 fully saturated rings. The van der Waals surface area contributed by atoms with E-state index < -0.39 is 6.10 Å². The molecule has 92 valence electrons. The van der Waals surface area contributed by atoms with Crippen LogP contribution in [0.5, 0.6) is 5.75 Å². The number of rotatable bonds is 3. The summed E-state index contributed by atoms with van der Waals surface area (Å²) in [6.45, 7) is 2.68. The second-order valence-corrected chi connectivity index (χ2v) is 4.29. The molecule has 0 radical (unpaired) electrons.